The molecule has 4 nitrogen and oxygen atoms in total. The number of nitrogens with zero attached hydrogens (tertiary/aromatic N) is 2. The molecule has 1 saturated carbocycles. The van der Waals surface area contributed by atoms with E-state index in [0.29, 0.717) is 18.9 Å². The Bertz CT molecular complexity index is 782. The first-order chi connectivity index (χ1) is 13.3. The van der Waals surface area contributed by atoms with Gasteiger partial charge in [0, 0.05) is 36.5 Å². The molecule has 152 valence electrons. The molecule has 0 amide bonds. The van der Waals surface area contributed by atoms with Crippen LogP contribution in [-0.2, 0) is 11.1 Å². The summed E-state index contributed by atoms with van der Waals surface area (Å²) >= 11 is -2.16. The van der Waals surface area contributed by atoms with Crippen LogP contribution in [0.15, 0.2) is 54.6 Å². The van der Waals surface area contributed by atoms with Crippen LogP contribution in [0.3, 0.4) is 0 Å². The van der Waals surface area contributed by atoms with E-state index in [0.717, 1.165) is 29.7 Å². The summed E-state index contributed by atoms with van der Waals surface area (Å²) < 4.78 is 24.6. The molecule has 5 heteroatoms. The van der Waals surface area contributed by atoms with Crippen LogP contribution in [0.5, 0.6) is 0 Å². The Morgan fingerprint density at radius 2 is 1.46 bits per heavy atom. The summed E-state index contributed by atoms with van der Waals surface area (Å²) in [5.41, 5.74) is 3.26. The second-order valence-electron chi connectivity index (χ2n) is 8.32. The molecular weight excluding hydrogens is 368 g/mol. The lowest BCUT2D eigenvalue weighted by Crippen LogP contribution is -2.48. The van der Waals surface area contributed by atoms with Gasteiger partial charge >= 0.3 is 0 Å². The summed E-state index contributed by atoms with van der Waals surface area (Å²) in [5, 5.41) is 0. The van der Waals surface area contributed by atoms with Gasteiger partial charge in [-0.3, -0.25) is 4.21 Å². The monoisotopic (exact) mass is 399 g/mol. The fraction of sp³-hybridized carbons (Fsp3) is 0.478. The third kappa shape index (κ3) is 4.17. The Hall–Kier alpha value is -1.69. The molecule has 1 aliphatic rings. The lowest BCUT2D eigenvalue weighted by Gasteiger charge is -2.48. The lowest BCUT2D eigenvalue weighted by atomic mass is 9.71. The summed E-state index contributed by atoms with van der Waals surface area (Å²) in [6, 6.07) is 18.9. The van der Waals surface area contributed by atoms with Crippen molar-refractivity contribution in [3.8, 4) is 0 Å². The van der Waals surface area contributed by atoms with E-state index in [1.807, 2.05) is 32.3 Å². The highest BCUT2D eigenvalue weighted by molar-refractivity contribution is 7.80. The van der Waals surface area contributed by atoms with E-state index in [1.54, 1.807) is 0 Å². The molecule has 0 heterocycles. The van der Waals surface area contributed by atoms with Crippen molar-refractivity contribution >= 4 is 16.8 Å². The van der Waals surface area contributed by atoms with Gasteiger partial charge in [-0.25, -0.2) is 0 Å². The Labute approximate surface area is 171 Å². The smallest absolute Gasteiger partial charge is 0.0437 e. The predicted molar refractivity (Wildman–Crippen MR) is 117 cm³/mol. The molecule has 2 atom stereocenters. The SMILES string of the molecule is CN(C)c1ccc(C(c2ccccc2)C2(S(=O)[O-])CCC(N(C)C)CC2)cc1. The first-order valence-corrected chi connectivity index (χ1v) is 11.0. The molecule has 2 aromatic carbocycles. The van der Waals surface area contributed by atoms with Crippen LogP contribution in [0.1, 0.15) is 42.7 Å². The van der Waals surface area contributed by atoms with Crippen molar-refractivity contribution in [3.63, 3.8) is 0 Å². The average Bonchev–Trinajstić information content (AvgIpc) is 2.69. The molecule has 3 rings (SSSR count). The van der Waals surface area contributed by atoms with Gasteiger partial charge < -0.3 is 14.4 Å². The molecule has 1 fully saturated rings. The van der Waals surface area contributed by atoms with Gasteiger partial charge in [0.25, 0.3) is 0 Å². The van der Waals surface area contributed by atoms with E-state index >= 15 is 0 Å². The summed E-state index contributed by atoms with van der Waals surface area (Å²) in [4.78, 5) is 4.28. The maximum atomic E-state index is 12.7. The van der Waals surface area contributed by atoms with Crippen LogP contribution in [-0.4, -0.2) is 52.6 Å². The third-order valence-corrected chi connectivity index (χ3v) is 7.57. The zero-order valence-electron chi connectivity index (χ0n) is 17.3. The summed E-state index contributed by atoms with van der Waals surface area (Å²) in [6.45, 7) is 0. The maximum Gasteiger partial charge on any atom is 0.0437 e. The Kier molecular flexibility index (Phi) is 6.58. The van der Waals surface area contributed by atoms with E-state index in [4.69, 9.17) is 0 Å². The highest BCUT2D eigenvalue weighted by atomic mass is 32.2. The second kappa shape index (κ2) is 8.76. The van der Waals surface area contributed by atoms with Crippen molar-refractivity contribution in [2.45, 2.75) is 42.4 Å². The highest BCUT2D eigenvalue weighted by Crippen LogP contribution is 2.48. The van der Waals surface area contributed by atoms with E-state index in [-0.39, 0.29) is 5.92 Å². The van der Waals surface area contributed by atoms with E-state index in [1.165, 1.54) is 0 Å². The summed E-state index contributed by atoms with van der Waals surface area (Å²) in [7, 11) is 8.20. The zero-order chi connectivity index (χ0) is 20.3. The second-order valence-corrected chi connectivity index (χ2v) is 9.61. The molecule has 2 unspecified atom stereocenters. The fourth-order valence-corrected chi connectivity index (χ4v) is 5.60. The maximum absolute atomic E-state index is 12.7. The molecule has 0 aliphatic heterocycles. The highest BCUT2D eigenvalue weighted by Gasteiger charge is 2.45. The quantitative estimate of drug-likeness (QED) is 0.689. The molecule has 0 saturated heterocycles. The molecule has 2 aromatic rings. The molecule has 0 aromatic heterocycles. The minimum atomic E-state index is -2.16. The van der Waals surface area contributed by atoms with Crippen LogP contribution in [0.4, 0.5) is 5.69 Å². The van der Waals surface area contributed by atoms with Crippen LogP contribution in [0.2, 0.25) is 0 Å². The lowest BCUT2D eigenvalue weighted by molar-refractivity contribution is 0.193. The van der Waals surface area contributed by atoms with Gasteiger partial charge in [-0.1, -0.05) is 42.5 Å². The van der Waals surface area contributed by atoms with Crippen molar-refractivity contribution in [2.75, 3.05) is 33.1 Å². The van der Waals surface area contributed by atoms with Crippen LogP contribution in [0, 0.1) is 0 Å². The van der Waals surface area contributed by atoms with Gasteiger partial charge in [0.2, 0.25) is 0 Å². The van der Waals surface area contributed by atoms with Crippen molar-refractivity contribution in [1.29, 1.82) is 0 Å². The number of rotatable bonds is 6. The Balaban J connectivity index is 2.06. The molecule has 1 aliphatic carbocycles. The van der Waals surface area contributed by atoms with Crippen molar-refractivity contribution in [2.24, 2.45) is 0 Å². The van der Waals surface area contributed by atoms with Crippen LogP contribution < -0.4 is 4.90 Å². The van der Waals surface area contributed by atoms with Gasteiger partial charge in [-0.05, 0) is 74.1 Å². The molecule has 0 bridgehead atoms. The third-order valence-electron chi connectivity index (χ3n) is 6.27. The van der Waals surface area contributed by atoms with Gasteiger partial charge in [-0.2, -0.15) is 0 Å². The van der Waals surface area contributed by atoms with E-state index in [2.05, 4.69) is 60.3 Å². The van der Waals surface area contributed by atoms with Crippen molar-refractivity contribution < 1.29 is 8.76 Å². The fourth-order valence-electron chi connectivity index (χ4n) is 4.57. The summed E-state index contributed by atoms with van der Waals surface area (Å²) in [6.07, 6.45) is 3.17. The number of benzene rings is 2. The van der Waals surface area contributed by atoms with Crippen LogP contribution in [0.25, 0.3) is 0 Å². The predicted octanol–water partition coefficient (Wildman–Crippen LogP) is 4.01. The minimum absolute atomic E-state index is 0.161. The average molecular weight is 400 g/mol. The number of hydrogen-bond acceptors (Lipinski definition) is 4. The first-order valence-electron chi connectivity index (χ1n) is 9.93. The molecule has 0 N–H and O–H groups in total. The van der Waals surface area contributed by atoms with Gasteiger partial charge in [0.05, 0.1) is 0 Å². The standard InChI is InChI=1S/C23H32N2O2S/c1-24(2)20-12-10-19(11-13-20)22(18-8-6-5-7-9-18)23(28(26)27)16-14-21(15-17-23)25(3)4/h5-13,21-22H,14-17H2,1-4H3,(H,26,27)/p-1. The molecule has 0 spiro atoms. The minimum Gasteiger partial charge on any atom is -0.772 e. The van der Waals surface area contributed by atoms with Gasteiger partial charge in [0.1, 0.15) is 0 Å². The molecule has 0 radical (unpaired) electrons. The first kappa shape index (κ1) is 21.0. The van der Waals surface area contributed by atoms with Gasteiger partial charge in [0.15, 0.2) is 0 Å². The van der Waals surface area contributed by atoms with Crippen LogP contribution >= 0.6 is 0 Å². The number of anilines is 1. The van der Waals surface area contributed by atoms with Crippen molar-refractivity contribution in [3.05, 3.63) is 65.7 Å². The Morgan fingerprint density at radius 3 is 1.93 bits per heavy atom. The number of hydrogen-bond donors (Lipinski definition) is 0. The molecule has 28 heavy (non-hydrogen) atoms. The normalized spacial score (nSPS) is 24.7. The topological polar surface area (TPSA) is 46.6 Å². The largest absolute Gasteiger partial charge is 0.772 e. The van der Waals surface area contributed by atoms with E-state index < -0.39 is 15.8 Å². The Morgan fingerprint density at radius 1 is 0.929 bits per heavy atom. The zero-order valence-corrected chi connectivity index (χ0v) is 18.1. The van der Waals surface area contributed by atoms with E-state index in [9.17, 15) is 8.76 Å². The summed E-state index contributed by atoms with van der Waals surface area (Å²) in [5.74, 6) is -0.161. The van der Waals surface area contributed by atoms with Gasteiger partial charge in [-0.15, -0.1) is 0 Å². The van der Waals surface area contributed by atoms with Crippen molar-refractivity contribution in [1.82, 2.24) is 4.90 Å². The molecular formula is C23H31N2O2S-.